The summed E-state index contributed by atoms with van der Waals surface area (Å²) in [6.07, 6.45) is 14.5. The second kappa shape index (κ2) is 12.4. The SMILES string of the molecule is CCCCCCCCCCC(NN)C(CC)(CC)N(C)C. The lowest BCUT2D eigenvalue weighted by molar-refractivity contribution is 0.0828. The number of unbranched alkanes of at least 4 members (excludes halogenated alkanes) is 7. The largest absolute Gasteiger partial charge is 0.302 e. The molecule has 0 aliphatic carbocycles. The van der Waals surface area contributed by atoms with Gasteiger partial charge in [-0.2, -0.15) is 0 Å². The van der Waals surface area contributed by atoms with Gasteiger partial charge in [-0.25, -0.2) is 0 Å². The number of hydrogen-bond donors (Lipinski definition) is 2. The van der Waals surface area contributed by atoms with Crippen LogP contribution in [0.2, 0.25) is 0 Å². The number of hydrogen-bond acceptors (Lipinski definition) is 3. The average Bonchev–Trinajstić information content (AvgIpc) is 2.49. The van der Waals surface area contributed by atoms with Gasteiger partial charge in [0, 0.05) is 11.6 Å². The zero-order chi connectivity index (χ0) is 16.1. The smallest absolute Gasteiger partial charge is 0.0394 e. The van der Waals surface area contributed by atoms with Crippen molar-refractivity contribution >= 4 is 0 Å². The Kier molecular flexibility index (Phi) is 12.4. The summed E-state index contributed by atoms with van der Waals surface area (Å²) in [5.41, 5.74) is 3.29. The van der Waals surface area contributed by atoms with Gasteiger partial charge in [-0.05, 0) is 33.4 Å². The molecule has 0 aromatic rings. The van der Waals surface area contributed by atoms with Crippen LogP contribution in [0.1, 0.15) is 91.4 Å². The fraction of sp³-hybridized carbons (Fsp3) is 1.00. The Balaban J connectivity index is 4.03. The van der Waals surface area contributed by atoms with E-state index in [4.69, 9.17) is 5.84 Å². The van der Waals surface area contributed by atoms with E-state index in [2.05, 4.69) is 45.2 Å². The maximum absolute atomic E-state index is 5.87. The van der Waals surface area contributed by atoms with Crippen molar-refractivity contribution in [3.8, 4) is 0 Å². The predicted molar refractivity (Wildman–Crippen MR) is 95.3 cm³/mol. The summed E-state index contributed by atoms with van der Waals surface area (Å²) in [7, 11) is 4.37. The number of likely N-dealkylation sites (N-methyl/N-ethyl adjacent to an activating group) is 1. The summed E-state index contributed by atoms with van der Waals surface area (Å²) in [5, 5.41) is 0. The van der Waals surface area contributed by atoms with Crippen molar-refractivity contribution in [3.63, 3.8) is 0 Å². The molecule has 0 spiro atoms. The molecule has 0 bridgehead atoms. The van der Waals surface area contributed by atoms with Crippen molar-refractivity contribution in [2.75, 3.05) is 14.1 Å². The highest BCUT2D eigenvalue weighted by atomic mass is 15.3. The van der Waals surface area contributed by atoms with Crippen LogP contribution in [0.3, 0.4) is 0 Å². The number of hydrazine groups is 1. The lowest BCUT2D eigenvalue weighted by atomic mass is 9.81. The zero-order valence-corrected chi connectivity index (χ0v) is 15.4. The van der Waals surface area contributed by atoms with Crippen LogP contribution >= 0.6 is 0 Å². The normalized spacial score (nSPS) is 13.9. The molecule has 3 N–H and O–H groups in total. The van der Waals surface area contributed by atoms with Gasteiger partial charge in [-0.1, -0.05) is 72.1 Å². The van der Waals surface area contributed by atoms with E-state index < -0.39 is 0 Å². The first-order chi connectivity index (χ1) is 10.1. The van der Waals surface area contributed by atoms with Gasteiger partial charge in [0.25, 0.3) is 0 Å². The average molecular weight is 300 g/mol. The molecule has 21 heavy (non-hydrogen) atoms. The molecule has 0 amide bonds. The van der Waals surface area contributed by atoms with Gasteiger partial charge in [0.2, 0.25) is 0 Å². The summed E-state index contributed by atoms with van der Waals surface area (Å²) in [6.45, 7) is 6.83. The molecule has 0 aliphatic rings. The van der Waals surface area contributed by atoms with Gasteiger partial charge in [0.1, 0.15) is 0 Å². The van der Waals surface area contributed by atoms with E-state index in [9.17, 15) is 0 Å². The third kappa shape index (κ3) is 7.12. The van der Waals surface area contributed by atoms with E-state index in [0.29, 0.717) is 6.04 Å². The van der Waals surface area contributed by atoms with E-state index in [1.54, 1.807) is 0 Å². The topological polar surface area (TPSA) is 41.3 Å². The Morgan fingerprint density at radius 3 is 1.71 bits per heavy atom. The molecular weight excluding hydrogens is 258 g/mol. The molecule has 0 rings (SSSR count). The molecule has 0 saturated carbocycles. The fourth-order valence-corrected chi connectivity index (χ4v) is 3.68. The van der Waals surface area contributed by atoms with Gasteiger partial charge in [0.15, 0.2) is 0 Å². The fourth-order valence-electron chi connectivity index (χ4n) is 3.68. The molecule has 128 valence electrons. The van der Waals surface area contributed by atoms with Crippen LogP contribution in [-0.2, 0) is 0 Å². The standard InChI is InChI=1S/C18H41N3/c1-6-9-10-11-12-13-14-15-16-17(20-19)18(7-2,8-3)21(4)5/h17,20H,6-16,19H2,1-5H3. The molecule has 3 nitrogen and oxygen atoms in total. The zero-order valence-electron chi connectivity index (χ0n) is 15.4. The Labute approximate surface area is 134 Å². The van der Waals surface area contributed by atoms with E-state index in [-0.39, 0.29) is 5.54 Å². The van der Waals surface area contributed by atoms with Crippen LogP contribution in [0.25, 0.3) is 0 Å². The highest BCUT2D eigenvalue weighted by molar-refractivity contribution is 4.96. The molecule has 0 aromatic carbocycles. The third-order valence-corrected chi connectivity index (χ3v) is 5.31. The van der Waals surface area contributed by atoms with Crippen LogP contribution in [0.4, 0.5) is 0 Å². The molecule has 0 fully saturated rings. The highest BCUT2D eigenvalue weighted by Gasteiger charge is 2.36. The van der Waals surface area contributed by atoms with Crippen LogP contribution in [0.5, 0.6) is 0 Å². The van der Waals surface area contributed by atoms with Gasteiger partial charge < -0.3 is 4.90 Å². The maximum atomic E-state index is 5.87. The maximum Gasteiger partial charge on any atom is 0.0394 e. The molecule has 0 heterocycles. The summed E-state index contributed by atoms with van der Waals surface area (Å²) >= 11 is 0. The van der Waals surface area contributed by atoms with Gasteiger partial charge in [0.05, 0.1) is 0 Å². The molecule has 0 saturated heterocycles. The first-order valence-electron chi connectivity index (χ1n) is 9.22. The predicted octanol–water partition coefficient (Wildman–Crippen LogP) is 4.47. The van der Waals surface area contributed by atoms with Crippen molar-refractivity contribution in [1.82, 2.24) is 10.3 Å². The van der Waals surface area contributed by atoms with Crippen molar-refractivity contribution < 1.29 is 0 Å². The lowest BCUT2D eigenvalue weighted by Crippen LogP contribution is -2.60. The van der Waals surface area contributed by atoms with E-state index >= 15 is 0 Å². The lowest BCUT2D eigenvalue weighted by Gasteiger charge is -2.45. The molecule has 1 atom stereocenters. The highest BCUT2D eigenvalue weighted by Crippen LogP contribution is 2.28. The summed E-state index contributed by atoms with van der Waals surface area (Å²) in [5.74, 6) is 5.87. The number of nitrogens with one attached hydrogen (secondary N) is 1. The first kappa shape index (κ1) is 20.9. The Bertz CT molecular complexity index is 225. The minimum absolute atomic E-state index is 0.190. The Morgan fingerprint density at radius 2 is 1.33 bits per heavy atom. The summed E-state index contributed by atoms with van der Waals surface area (Å²) in [6, 6.07) is 0.391. The van der Waals surface area contributed by atoms with Gasteiger partial charge >= 0.3 is 0 Å². The number of rotatable bonds is 14. The van der Waals surface area contributed by atoms with Crippen LogP contribution in [0.15, 0.2) is 0 Å². The quantitative estimate of drug-likeness (QED) is 0.282. The van der Waals surface area contributed by atoms with E-state index in [1.807, 2.05) is 0 Å². The summed E-state index contributed by atoms with van der Waals surface area (Å²) < 4.78 is 0. The van der Waals surface area contributed by atoms with Crippen molar-refractivity contribution in [2.45, 2.75) is 103 Å². The van der Waals surface area contributed by atoms with E-state index in [1.165, 1.54) is 57.8 Å². The number of nitrogens with zero attached hydrogens (tertiary/aromatic N) is 1. The molecule has 0 aliphatic heterocycles. The Hall–Kier alpha value is -0.120. The Morgan fingerprint density at radius 1 is 0.857 bits per heavy atom. The minimum Gasteiger partial charge on any atom is -0.302 e. The summed E-state index contributed by atoms with van der Waals surface area (Å²) in [4.78, 5) is 2.36. The first-order valence-corrected chi connectivity index (χ1v) is 9.22. The van der Waals surface area contributed by atoms with Crippen molar-refractivity contribution in [2.24, 2.45) is 5.84 Å². The molecule has 0 aromatic heterocycles. The van der Waals surface area contributed by atoms with Gasteiger partial charge in [-0.3, -0.25) is 11.3 Å². The van der Waals surface area contributed by atoms with E-state index in [0.717, 1.165) is 12.8 Å². The molecule has 3 heteroatoms. The third-order valence-electron chi connectivity index (χ3n) is 5.31. The van der Waals surface area contributed by atoms with Crippen molar-refractivity contribution in [3.05, 3.63) is 0 Å². The molecule has 1 unspecified atom stereocenters. The second-order valence-electron chi connectivity index (χ2n) is 6.69. The number of nitrogens with two attached hydrogens (primary N) is 1. The van der Waals surface area contributed by atoms with Crippen LogP contribution in [-0.4, -0.2) is 30.6 Å². The second-order valence-corrected chi connectivity index (χ2v) is 6.69. The van der Waals surface area contributed by atoms with Crippen LogP contribution < -0.4 is 11.3 Å². The molecular formula is C18H41N3. The van der Waals surface area contributed by atoms with Crippen molar-refractivity contribution in [1.29, 1.82) is 0 Å². The molecule has 0 radical (unpaired) electrons. The minimum atomic E-state index is 0.190. The van der Waals surface area contributed by atoms with Crippen LogP contribution in [0, 0.1) is 0 Å². The monoisotopic (exact) mass is 299 g/mol. The van der Waals surface area contributed by atoms with Gasteiger partial charge in [-0.15, -0.1) is 0 Å².